The average molecular weight is 355 g/mol. The SMILES string of the molecule is COC(=O)/C(=C/[C@@H](C[N+](=O)[O-])c1ccccc1)OC(=O)c1ccccc1. The van der Waals surface area contributed by atoms with E-state index < -0.39 is 35.1 Å². The molecular formula is C19H17NO6. The van der Waals surface area contributed by atoms with Crippen molar-refractivity contribution in [3.8, 4) is 0 Å². The van der Waals surface area contributed by atoms with Crippen LogP contribution in [0.2, 0.25) is 0 Å². The van der Waals surface area contributed by atoms with Gasteiger partial charge >= 0.3 is 11.9 Å². The maximum atomic E-state index is 12.2. The molecular weight excluding hydrogens is 338 g/mol. The molecule has 0 spiro atoms. The summed E-state index contributed by atoms with van der Waals surface area (Å²) in [6.07, 6.45) is 1.24. The van der Waals surface area contributed by atoms with Crippen molar-refractivity contribution >= 4 is 11.9 Å². The molecule has 2 rings (SSSR count). The Bertz CT molecular complexity index is 801. The van der Waals surface area contributed by atoms with Gasteiger partial charge in [-0.25, -0.2) is 9.59 Å². The third kappa shape index (κ3) is 5.27. The monoisotopic (exact) mass is 355 g/mol. The summed E-state index contributed by atoms with van der Waals surface area (Å²) in [5.41, 5.74) is 0.856. The smallest absolute Gasteiger partial charge is 0.373 e. The molecule has 0 saturated heterocycles. The van der Waals surface area contributed by atoms with Crippen LogP contribution in [0.15, 0.2) is 72.5 Å². The van der Waals surface area contributed by atoms with Gasteiger partial charge in [-0.1, -0.05) is 48.5 Å². The number of carbonyl (C=O) groups is 2. The standard InChI is InChI=1S/C19H17NO6/c1-25-19(22)17(26-18(21)15-10-6-3-7-11-15)12-16(13-20(23)24)14-8-4-2-5-9-14/h2-12,16H,13H2,1H3/b17-12-/t16-/m0/s1. The minimum Gasteiger partial charge on any atom is -0.463 e. The number of hydrogen-bond acceptors (Lipinski definition) is 6. The van der Waals surface area contributed by atoms with Gasteiger partial charge in [0, 0.05) is 4.92 Å². The van der Waals surface area contributed by atoms with Crippen molar-refractivity contribution in [1.82, 2.24) is 0 Å². The summed E-state index contributed by atoms with van der Waals surface area (Å²) in [6.45, 7) is -0.465. The maximum absolute atomic E-state index is 12.2. The van der Waals surface area contributed by atoms with Crippen LogP contribution in [0.25, 0.3) is 0 Å². The minimum atomic E-state index is -0.890. The number of benzene rings is 2. The van der Waals surface area contributed by atoms with Gasteiger partial charge < -0.3 is 9.47 Å². The first-order valence-electron chi connectivity index (χ1n) is 7.75. The van der Waals surface area contributed by atoms with Crippen LogP contribution in [0.5, 0.6) is 0 Å². The molecule has 26 heavy (non-hydrogen) atoms. The molecule has 0 fully saturated rings. The van der Waals surface area contributed by atoms with Gasteiger partial charge in [-0.05, 0) is 23.8 Å². The number of hydrogen-bond donors (Lipinski definition) is 0. The van der Waals surface area contributed by atoms with E-state index in [2.05, 4.69) is 4.74 Å². The number of ether oxygens (including phenoxy) is 2. The molecule has 0 saturated carbocycles. The fourth-order valence-electron chi connectivity index (χ4n) is 2.28. The Kier molecular flexibility index (Phi) is 6.61. The molecule has 1 atom stereocenters. The van der Waals surface area contributed by atoms with Crippen LogP contribution >= 0.6 is 0 Å². The van der Waals surface area contributed by atoms with E-state index >= 15 is 0 Å². The highest BCUT2D eigenvalue weighted by molar-refractivity contribution is 5.95. The molecule has 7 heteroatoms. The Morgan fingerprint density at radius 2 is 1.65 bits per heavy atom. The summed E-state index contributed by atoms with van der Waals surface area (Å²) in [6, 6.07) is 16.7. The van der Waals surface area contributed by atoms with Crippen molar-refractivity contribution in [3.05, 3.63) is 93.7 Å². The molecule has 0 aliphatic carbocycles. The summed E-state index contributed by atoms with van der Waals surface area (Å²) in [5.74, 6) is -2.80. The lowest BCUT2D eigenvalue weighted by Gasteiger charge is -2.12. The lowest BCUT2D eigenvalue weighted by molar-refractivity contribution is -0.481. The number of carbonyl (C=O) groups excluding carboxylic acids is 2. The number of nitrogens with zero attached hydrogens (tertiary/aromatic N) is 1. The second-order valence-corrected chi connectivity index (χ2v) is 5.31. The average Bonchev–Trinajstić information content (AvgIpc) is 2.67. The second-order valence-electron chi connectivity index (χ2n) is 5.31. The number of esters is 2. The lowest BCUT2D eigenvalue weighted by atomic mass is 9.98. The van der Waals surface area contributed by atoms with Gasteiger partial charge in [-0.2, -0.15) is 0 Å². The van der Waals surface area contributed by atoms with E-state index in [0.717, 1.165) is 7.11 Å². The summed E-state index contributed by atoms with van der Waals surface area (Å²) < 4.78 is 9.78. The molecule has 0 aromatic heterocycles. The van der Waals surface area contributed by atoms with E-state index in [0.29, 0.717) is 5.56 Å². The Hall–Kier alpha value is -3.48. The van der Waals surface area contributed by atoms with Crippen LogP contribution < -0.4 is 0 Å². The van der Waals surface area contributed by atoms with Crippen molar-refractivity contribution in [3.63, 3.8) is 0 Å². The van der Waals surface area contributed by atoms with Gasteiger partial charge in [0.1, 0.15) is 0 Å². The van der Waals surface area contributed by atoms with E-state index in [-0.39, 0.29) is 5.56 Å². The first kappa shape index (κ1) is 18.9. The minimum absolute atomic E-state index is 0.243. The molecule has 2 aromatic rings. The molecule has 0 amide bonds. The first-order valence-corrected chi connectivity index (χ1v) is 7.75. The molecule has 0 radical (unpaired) electrons. The quantitative estimate of drug-likeness (QED) is 0.249. The number of nitro groups is 1. The van der Waals surface area contributed by atoms with Crippen molar-refractivity contribution in [1.29, 1.82) is 0 Å². The van der Waals surface area contributed by atoms with Crippen molar-refractivity contribution < 1.29 is 24.0 Å². The zero-order valence-electron chi connectivity index (χ0n) is 14.0. The van der Waals surface area contributed by atoms with E-state index in [1.807, 2.05) is 0 Å². The van der Waals surface area contributed by atoms with Crippen LogP contribution in [0, 0.1) is 10.1 Å². The zero-order chi connectivity index (χ0) is 18.9. The summed E-state index contributed by atoms with van der Waals surface area (Å²) in [5, 5.41) is 11.0. The van der Waals surface area contributed by atoms with E-state index in [1.54, 1.807) is 48.5 Å². The molecule has 0 aliphatic rings. The molecule has 0 N–H and O–H groups in total. The largest absolute Gasteiger partial charge is 0.463 e. The zero-order valence-corrected chi connectivity index (χ0v) is 14.0. The van der Waals surface area contributed by atoms with Crippen LogP contribution in [-0.2, 0) is 14.3 Å². The topological polar surface area (TPSA) is 95.7 Å². The van der Waals surface area contributed by atoms with Gasteiger partial charge in [0.15, 0.2) is 0 Å². The molecule has 0 bridgehead atoms. The van der Waals surface area contributed by atoms with Crippen LogP contribution in [0.4, 0.5) is 0 Å². The third-order valence-electron chi connectivity index (χ3n) is 3.52. The Balaban J connectivity index is 2.34. The van der Waals surface area contributed by atoms with Crippen molar-refractivity contribution in [2.75, 3.05) is 13.7 Å². The molecule has 0 aliphatic heterocycles. The maximum Gasteiger partial charge on any atom is 0.373 e. The van der Waals surface area contributed by atoms with Crippen molar-refractivity contribution in [2.45, 2.75) is 5.92 Å². The molecule has 0 heterocycles. The van der Waals surface area contributed by atoms with Gasteiger partial charge in [-0.3, -0.25) is 10.1 Å². The number of methoxy groups -OCH3 is 1. The highest BCUT2D eigenvalue weighted by atomic mass is 16.6. The van der Waals surface area contributed by atoms with Crippen LogP contribution in [-0.4, -0.2) is 30.5 Å². The first-order chi connectivity index (χ1) is 12.5. The summed E-state index contributed by atoms with van der Waals surface area (Å²) >= 11 is 0. The predicted molar refractivity (Wildman–Crippen MR) is 93.0 cm³/mol. The van der Waals surface area contributed by atoms with Gasteiger partial charge in [0.05, 0.1) is 18.6 Å². The lowest BCUT2D eigenvalue weighted by Crippen LogP contribution is -2.17. The Morgan fingerprint density at radius 1 is 1.08 bits per heavy atom. The van der Waals surface area contributed by atoms with E-state index in [4.69, 9.17) is 4.74 Å². The highest BCUT2D eigenvalue weighted by Crippen LogP contribution is 2.21. The molecule has 134 valence electrons. The summed E-state index contributed by atoms with van der Waals surface area (Å²) in [4.78, 5) is 34.7. The fourth-order valence-corrected chi connectivity index (χ4v) is 2.28. The van der Waals surface area contributed by atoms with Gasteiger partial charge in [-0.15, -0.1) is 0 Å². The molecule has 7 nitrogen and oxygen atoms in total. The molecule has 2 aromatic carbocycles. The van der Waals surface area contributed by atoms with Crippen LogP contribution in [0.3, 0.4) is 0 Å². The fraction of sp³-hybridized carbons (Fsp3) is 0.158. The highest BCUT2D eigenvalue weighted by Gasteiger charge is 2.23. The second kappa shape index (κ2) is 9.12. The summed E-state index contributed by atoms with van der Waals surface area (Å²) in [7, 11) is 1.14. The van der Waals surface area contributed by atoms with E-state index in [1.165, 1.54) is 18.2 Å². The van der Waals surface area contributed by atoms with Crippen molar-refractivity contribution in [2.24, 2.45) is 0 Å². The predicted octanol–water partition coefficient (Wildman–Crippen LogP) is 2.96. The third-order valence-corrected chi connectivity index (χ3v) is 3.52. The van der Waals surface area contributed by atoms with Gasteiger partial charge in [0.2, 0.25) is 12.3 Å². The Morgan fingerprint density at radius 3 is 2.19 bits per heavy atom. The van der Waals surface area contributed by atoms with Gasteiger partial charge in [0.25, 0.3) is 0 Å². The normalized spacial score (nSPS) is 12.1. The molecule has 0 unspecified atom stereocenters. The van der Waals surface area contributed by atoms with Crippen LogP contribution in [0.1, 0.15) is 21.8 Å². The van der Waals surface area contributed by atoms with E-state index in [9.17, 15) is 19.7 Å². The Labute approximate surface area is 150 Å². The number of rotatable bonds is 7.